The van der Waals surface area contributed by atoms with Crippen LogP contribution in [0, 0.1) is 0 Å². The Morgan fingerprint density at radius 3 is 2.52 bits per heavy atom. The van der Waals surface area contributed by atoms with Crippen molar-refractivity contribution < 1.29 is 0 Å². The molecule has 62 heavy (non-hydrogen) atoms. The number of hydrogen-bond donors (Lipinski definition) is 0. The highest BCUT2D eigenvalue weighted by atomic mass is 32.1. The zero-order valence-electron chi connectivity index (χ0n) is 34.4. The fourth-order valence-corrected chi connectivity index (χ4v) is 10.3. The lowest BCUT2D eigenvalue weighted by atomic mass is 10.0. The average molecular weight is 814 g/mol. The Balaban J connectivity index is 1.13. The van der Waals surface area contributed by atoms with Crippen molar-refractivity contribution in [2.45, 2.75) is 25.7 Å². The Bertz CT molecular complexity index is 3560. The van der Waals surface area contributed by atoms with Gasteiger partial charge in [-0.25, -0.2) is 4.98 Å². The first-order chi connectivity index (χ1) is 30.7. The van der Waals surface area contributed by atoms with Crippen molar-refractivity contribution in [3.05, 3.63) is 238 Å². The monoisotopic (exact) mass is 813 g/mol. The van der Waals surface area contributed by atoms with Crippen molar-refractivity contribution >= 4 is 83.6 Å². The van der Waals surface area contributed by atoms with E-state index < -0.39 is 0 Å². The number of aromatic nitrogens is 3. The van der Waals surface area contributed by atoms with Gasteiger partial charge in [-0.3, -0.25) is 4.57 Å². The molecular weight excluding hydrogens is 771 g/mol. The van der Waals surface area contributed by atoms with Crippen molar-refractivity contribution in [1.82, 2.24) is 14.1 Å². The van der Waals surface area contributed by atoms with E-state index in [-0.39, 0.29) is 5.92 Å². The van der Waals surface area contributed by atoms with Gasteiger partial charge in [-0.05, 0) is 103 Å². The van der Waals surface area contributed by atoms with Gasteiger partial charge in [0, 0.05) is 53.7 Å². The molecular formula is C58H43N3S. The minimum absolute atomic E-state index is 0.0208. The third-order valence-corrected chi connectivity index (χ3v) is 13.2. The Morgan fingerprint density at radius 1 is 0.742 bits per heavy atom. The van der Waals surface area contributed by atoms with Gasteiger partial charge >= 0.3 is 0 Å². The molecule has 0 bridgehead atoms. The molecule has 8 aromatic rings. The third kappa shape index (κ3) is 6.86. The quantitative estimate of drug-likeness (QED) is 0.111. The van der Waals surface area contributed by atoms with Crippen LogP contribution in [0.25, 0.3) is 78.1 Å². The summed E-state index contributed by atoms with van der Waals surface area (Å²) in [5.41, 5.74) is 15.1. The van der Waals surface area contributed by atoms with E-state index in [0.717, 1.165) is 68.8 Å². The summed E-state index contributed by atoms with van der Waals surface area (Å²) < 4.78 is 7.41. The molecule has 3 nitrogen and oxygen atoms in total. The fraction of sp³-hybridized carbons (Fsp3) is 0.0690. The predicted octanol–water partition coefficient (Wildman–Crippen LogP) is 13.7. The van der Waals surface area contributed by atoms with Gasteiger partial charge in [0.2, 0.25) is 0 Å². The van der Waals surface area contributed by atoms with E-state index in [2.05, 4.69) is 234 Å². The number of allylic oxidation sites excluding steroid dienone is 16. The lowest BCUT2D eigenvalue weighted by molar-refractivity contribution is 0.981. The minimum Gasteiger partial charge on any atom is -0.310 e. The summed E-state index contributed by atoms with van der Waals surface area (Å²) in [5, 5.41) is 6.15. The van der Waals surface area contributed by atoms with E-state index >= 15 is 0 Å². The molecule has 296 valence electrons. The minimum atomic E-state index is 0.0208. The zero-order chi connectivity index (χ0) is 41.4. The normalized spacial score (nSPS) is 16.3. The number of pyridine rings is 1. The molecule has 0 saturated carbocycles. The van der Waals surface area contributed by atoms with E-state index in [1.165, 1.54) is 41.8 Å². The molecule has 0 fully saturated rings. The Labute approximate surface area is 365 Å². The van der Waals surface area contributed by atoms with Gasteiger partial charge in [-0.1, -0.05) is 151 Å². The van der Waals surface area contributed by atoms with Gasteiger partial charge in [0.15, 0.2) is 0 Å². The summed E-state index contributed by atoms with van der Waals surface area (Å²) >= 11 is 1.85. The zero-order valence-corrected chi connectivity index (χ0v) is 35.3. The third-order valence-electron chi connectivity index (χ3n) is 12.0. The average Bonchev–Trinajstić information content (AvgIpc) is 3.72. The fourth-order valence-electron chi connectivity index (χ4n) is 9.15. The van der Waals surface area contributed by atoms with Crippen LogP contribution in [0.2, 0.25) is 0 Å². The molecule has 0 radical (unpaired) electrons. The molecule has 11 rings (SSSR count). The van der Waals surface area contributed by atoms with E-state index in [9.17, 15) is 0 Å². The summed E-state index contributed by atoms with van der Waals surface area (Å²) in [6.45, 7) is 2.06. The Hall–Kier alpha value is -7.49. The SMILES string of the molecule is C/C=C\C=C/c1cc2c(ccc3c4ccccc4n(-c4cccc(C5C=CC=c6sc7ccccc7c6=C5)n4)c32)n1C1=CC(c2ccccc2)=C=CC(CC2=CC=CC=CC2)=C1. The molecule has 1 atom stereocenters. The van der Waals surface area contributed by atoms with Crippen LogP contribution in [0.15, 0.2) is 211 Å². The number of thiophene rings is 1. The molecule has 3 aliphatic rings. The molecule has 3 aliphatic carbocycles. The highest BCUT2D eigenvalue weighted by Crippen LogP contribution is 2.40. The van der Waals surface area contributed by atoms with Crippen LogP contribution in [-0.4, -0.2) is 14.1 Å². The van der Waals surface area contributed by atoms with Crippen molar-refractivity contribution in [3.63, 3.8) is 0 Å². The van der Waals surface area contributed by atoms with Gasteiger partial charge in [-0.2, -0.15) is 0 Å². The molecule has 4 aromatic carbocycles. The van der Waals surface area contributed by atoms with Gasteiger partial charge in [0.05, 0.1) is 22.2 Å². The summed E-state index contributed by atoms with van der Waals surface area (Å²) in [6, 6.07) is 41.6. The maximum atomic E-state index is 5.52. The topological polar surface area (TPSA) is 22.8 Å². The first-order valence-electron chi connectivity index (χ1n) is 21.4. The summed E-state index contributed by atoms with van der Waals surface area (Å²) in [5.74, 6) is 0.923. The number of nitrogens with zero attached hydrogens (tertiary/aromatic N) is 3. The molecule has 0 spiro atoms. The highest BCUT2D eigenvalue weighted by molar-refractivity contribution is 7.17. The lowest BCUT2D eigenvalue weighted by Gasteiger charge is -2.14. The predicted molar refractivity (Wildman–Crippen MR) is 266 cm³/mol. The largest absolute Gasteiger partial charge is 0.310 e. The summed E-state index contributed by atoms with van der Waals surface area (Å²) in [7, 11) is 0. The molecule has 1 unspecified atom stereocenters. The van der Waals surface area contributed by atoms with Crippen LogP contribution in [0.1, 0.15) is 42.6 Å². The van der Waals surface area contributed by atoms with Crippen molar-refractivity contribution in [3.8, 4) is 5.82 Å². The number of rotatable bonds is 8. The molecule has 0 amide bonds. The van der Waals surface area contributed by atoms with Crippen molar-refractivity contribution in [1.29, 1.82) is 0 Å². The van der Waals surface area contributed by atoms with Crippen LogP contribution in [0.4, 0.5) is 0 Å². The lowest BCUT2D eigenvalue weighted by Crippen LogP contribution is -2.18. The van der Waals surface area contributed by atoms with Crippen LogP contribution < -0.4 is 9.75 Å². The smallest absolute Gasteiger partial charge is 0.137 e. The molecule has 4 aromatic heterocycles. The first kappa shape index (κ1) is 37.5. The molecule has 0 saturated heterocycles. The molecule has 0 N–H and O–H groups in total. The second-order valence-corrected chi connectivity index (χ2v) is 17.0. The number of fused-ring (bicyclic) bond motifs is 8. The Morgan fingerprint density at radius 2 is 1.60 bits per heavy atom. The van der Waals surface area contributed by atoms with E-state index in [1.807, 2.05) is 11.3 Å². The van der Waals surface area contributed by atoms with Crippen LogP contribution in [-0.2, 0) is 0 Å². The summed E-state index contributed by atoms with van der Waals surface area (Å²) in [4.78, 5) is 5.52. The number of hydrogen-bond acceptors (Lipinski definition) is 2. The standard InChI is InChI=1S/C58H43N3S/c1-2-3-7-23-45-39-51-54(60(45)46-36-41(35-40-18-8-4-5-9-19-40)31-32-43(37-46)42-20-10-6-11-21-42)34-33-49-47-24-12-14-27-53(47)61(58(49)51)57-30-17-26-52(59-57)44-22-16-29-56-50(38-44)48-25-13-15-28-55(48)62-56/h2-18,20-31,33-34,36-39,44H,19,35H2,1H3/b3-2-,23-7-. The van der Waals surface area contributed by atoms with Crippen LogP contribution in [0.5, 0.6) is 0 Å². The van der Waals surface area contributed by atoms with Crippen molar-refractivity contribution in [2.75, 3.05) is 0 Å². The van der Waals surface area contributed by atoms with E-state index in [4.69, 9.17) is 4.98 Å². The highest BCUT2D eigenvalue weighted by Gasteiger charge is 2.22. The van der Waals surface area contributed by atoms with Gasteiger partial charge in [0.25, 0.3) is 0 Å². The van der Waals surface area contributed by atoms with E-state index in [1.54, 1.807) is 0 Å². The van der Waals surface area contributed by atoms with E-state index in [0.29, 0.717) is 0 Å². The second-order valence-electron chi connectivity index (χ2n) is 16.0. The molecule has 4 heterocycles. The van der Waals surface area contributed by atoms with Gasteiger partial charge < -0.3 is 4.57 Å². The summed E-state index contributed by atoms with van der Waals surface area (Å²) in [6.07, 6.45) is 37.1. The second kappa shape index (κ2) is 16.2. The van der Waals surface area contributed by atoms with Crippen LogP contribution >= 0.6 is 11.3 Å². The maximum Gasteiger partial charge on any atom is 0.137 e. The number of benzene rings is 4. The van der Waals surface area contributed by atoms with Crippen LogP contribution in [0.3, 0.4) is 0 Å². The van der Waals surface area contributed by atoms with Gasteiger partial charge in [0.1, 0.15) is 5.82 Å². The Kier molecular flexibility index (Phi) is 9.78. The van der Waals surface area contributed by atoms with Gasteiger partial charge in [-0.15, -0.1) is 17.1 Å². The van der Waals surface area contributed by atoms with Crippen molar-refractivity contribution in [2.24, 2.45) is 0 Å². The first-order valence-corrected chi connectivity index (χ1v) is 22.2. The molecule has 0 aliphatic heterocycles. The molecule has 4 heteroatoms. The number of para-hydroxylation sites is 1. The maximum absolute atomic E-state index is 5.52.